The Bertz CT molecular complexity index is 637. The first-order valence-electron chi connectivity index (χ1n) is 7.07. The molecule has 114 valence electrons. The fourth-order valence-electron chi connectivity index (χ4n) is 3.13. The summed E-state index contributed by atoms with van der Waals surface area (Å²) >= 11 is 0. The zero-order valence-corrected chi connectivity index (χ0v) is 12.8. The molecule has 1 N–H and O–H groups in total. The summed E-state index contributed by atoms with van der Waals surface area (Å²) in [5.74, 6) is -0.0428. The van der Waals surface area contributed by atoms with Crippen LogP contribution < -0.4 is 4.72 Å². The van der Waals surface area contributed by atoms with Crippen molar-refractivity contribution in [1.29, 1.82) is 0 Å². The van der Waals surface area contributed by atoms with E-state index in [1.54, 1.807) is 24.4 Å². The van der Waals surface area contributed by atoms with Gasteiger partial charge in [0.25, 0.3) is 5.91 Å². The van der Waals surface area contributed by atoms with E-state index in [1.807, 2.05) is 4.90 Å². The maximum absolute atomic E-state index is 12.3. The first kappa shape index (κ1) is 14.5. The molecule has 0 radical (unpaired) electrons. The molecular formula is C14H19N3O3S. The van der Waals surface area contributed by atoms with E-state index in [-0.39, 0.29) is 17.4 Å². The standard InChI is InChI=1S/C14H19N3O3S/c1-21(19,20)16-12-10-14(12)5-8-17(9-6-14)13(18)11-4-2-3-7-15-11/h2-4,7,12,16H,5-6,8-10H2,1H3/t12-/m0/s1. The Morgan fingerprint density at radius 3 is 2.67 bits per heavy atom. The Kier molecular flexibility index (Phi) is 3.49. The summed E-state index contributed by atoms with van der Waals surface area (Å²) in [7, 11) is -3.15. The molecule has 1 aliphatic heterocycles. The van der Waals surface area contributed by atoms with Gasteiger partial charge in [-0.25, -0.2) is 13.1 Å². The summed E-state index contributed by atoms with van der Waals surface area (Å²) in [5, 5.41) is 0. The zero-order valence-electron chi connectivity index (χ0n) is 11.9. The van der Waals surface area contributed by atoms with Crippen LogP contribution in [0.3, 0.4) is 0 Å². The highest BCUT2D eigenvalue weighted by Crippen LogP contribution is 2.54. The molecule has 1 atom stereocenters. The molecule has 2 aliphatic rings. The van der Waals surface area contributed by atoms with Gasteiger partial charge in [0.15, 0.2) is 0 Å². The Balaban J connectivity index is 1.58. The highest BCUT2D eigenvalue weighted by molar-refractivity contribution is 7.88. The predicted octanol–water partition coefficient (Wildman–Crippen LogP) is 0.625. The second-order valence-electron chi connectivity index (χ2n) is 6.02. The van der Waals surface area contributed by atoms with Gasteiger partial charge in [0, 0.05) is 25.3 Å². The molecular weight excluding hydrogens is 290 g/mol. The van der Waals surface area contributed by atoms with E-state index in [1.165, 1.54) is 6.26 Å². The van der Waals surface area contributed by atoms with Crippen molar-refractivity contribution in [1.82, 2.24) is 14.6 Å². The number of aromatic nitrogens is 1. The lowest BCUT2D eigenvalue weighted by Crippen LogP contribution is -2.41. The smallest absolute Gasteiger partial charge is 0.272 e. The van der Waals surface area contributed by atoms with Crippen LogP contribution in [0.4, 0.5) is 0 Å². The summed E-state index contributed by atoms with van der Waals surface area (Å²) in [5.41, 5.74) is 0.527. The van der Waals surface area contributed by atoms with Gasteiger partial charge in [-0.15, -0.1) is 0 Å². The number of piperidine rings is 1. The number of likely N-dealkylation sites (tertiary alicyclic amines) is 1. The van der Waals surface area contributed by atoms with E-state index < -0.39 is 10.0 Å². The average molecular weight is 309 g/mol. The molecule has 1 amide bonds. The Labute approximate surface area is 124 Å². The minimum Gasteiger partial charge on any atom is -0.337 e. The van der Waals surface area contributed by atoms with Crippen molar-refractivity contribution in [3.63, 3.8) is 0 Å². The third kappa shape index (κ3) is 3.08. The van der Waals surface area contributed by atoms with Crippen LogP contribution in [-0.4, -0.2) is 49.6 Å². The van der Waals surface area contributed by atoms with E-state index >= 15 is 0 Å². The Morgan fingerprint density at radius 1 is 1.38 bits per heavy atom. The molecule has 1 saturated heterocycles. The van der Waals surface area contributed by atoms with Crippen LogP contribution >= 0.6 is 0 Å². The number of carbonyl (C=O) groups is 1. The number of pyridine rings is 1. The second-order valence-corrected chi connectivity index (χ2v) is 7.80. The maximum Gasteiger partial charge on any atom is 0.272 e. The predicted molar refractivity (Wildman–Crippen MR) is 78.2 cm³/mol. The van der Waals surface area contributed by atoms with Crippen molar-refractivity contribution < 1.29 is 13.2 Å². The molecule has 1 spiro atoms. The van der Waals surface area contributed by atoms with E-state index in [0.29, 0.717) is 18.8 Å². The number of nitrogens with one attached hydrogen (secondary N) is 1. The summed E-state index contributed by atoms with van der Waals surface area (Å²) in [6.07, 6.45) is 5.38. The second kappa shape index (κ2) is 5.06. The van der Waals surface area contributed by atoms with Crippen LogP contribution in [0, 0.1) is 5.41 Å². The SMILES string of the molecule is CS(=O)(=O)N[C@H]1CC12CCN(C(=O)c1ccccn1)CC2. The molecule has 3 rings (SSSR count). The third-order valence-electron chi connectivity index (χ3n) is 4.48. The van der Waals surface area contributed by atoms with Crippen molar-refractivity contribution >= 4 is 15.9 Å². The molecule has 2 fully saturated rings. The van der Waals surface area contributed by atoms with Crippen LogP contribution in [0.2, 0.25) is 0 Å². The van der Waals surface area contributed by atoms with Crippen LogP contribution in [0.25, 0.3) is 0 Å². The lowest BCUT2D eigenvalue weighted by atomic mass is 9.92. The van der Waals surface area contributed by atoms with Crippen LogP contribution in [0.1, 0.15) is 29.8 Å². The van der Waals surface area contributed by atoms with Crippen LogP contribution in [0.15, 0.2) is 24.4 Å². The van der Waals surface area contributed by atoms with Gasteiger partial charge in [-0.05, 0) is 36.8 Å². The highest BCUT2D eigenvalue weighted by atomic mass is 32.2. The van der Waals surface area contributed by atoms with Gasteiger partial charge in [0.1, 0.15) is 5.69 Å². The molecule has 7 heteroatoms. The van der Waals surface area contributed by atoms with Gasteiger partial charge in [-0.1, -0.05) is 6.07 Å². The fraction of sp³-hybridized carbons (Fsp3) is 0.571. The molecule has 0 aromatic carbocycles. The summed E-state index contributed by atoms with van der Waals surface area (Å²) in [6.45, 7) is 1.33. The lowest BCUT2D eigenvalue weighted by molar-refractivity contribution is 0.0668. The number of rotatable bonds is 3. The number of amides is 1. The number of nitrogens with zero attached hydrogens (tertiary/aromatic N) is 2. The van der Waals surface area contributed by atoms with Gasteiger partial charge in [0.05, 0.1) is 6.26 Å². The fourth-order valence-corrected chi connectivity index (χ4v) is 3.98. The molecule has 21 heavy (non-hydrogen) atoms. The Morgan fingerprint density at radius 2 is 2.10 bits per heavy atom. The zero-order chi connectivity index (χ0) is 15.1. The number of carbonyl (C=O) groups excluding carboxylic acids is 1. The maximum atomic E-state index is 12.3. The summed E-state index contributed by atoms with van der Waals surface area (Å²) < 4.78 is 25.2. The Hall–Kier alpha value is -1.47. The van der Waals surface area contributed by atoms with Crippen molar-refractivity contribution in [3.8, 4) is 0 Å². The number of hydrogen-bond acceptors (Lipinski definition) is 4. The van der Waals surface area contributed by atoms with Crippen LogP contribution in [0.5, 0.6) is 0 Å². The van der Waals surface area contributed by atoms with Gasteiger partial charge in [0.2, 0.25) is 10.0 Å². The molecule has 6 nitrogen and oxygen atoms in total. The molecule has 1 aromatic heterocycles. The first-order valence-corrected chi connectivity index (χ1v) is 8.96. The van der Waals surface area contributed by atoms with E-state index in [0.717, 1.165) is 19.3 Å². The van der Waals surface area contributed by atoms with Crippen molar-refractivity contribution in [2.75, 3.05) is 19.3 Å². The normalized spacial score (nSPS) is 24.0. The lowest BCUT2D eigenvalue weighted by Gasteiger charge is -2.32. The van der Waals surface area contributed by atoms with E-state index in [4.69, 9.17) is 0 Å². The van der Waals surface area contributed by atoms with Crippen molar-refractivity contribution in [3.05, 3.63) is 30.1 Å². The number of hydrogen-bond donors (Lipinski definition) is 1. The molecule has 0 unspecified atom stereocenters. The van der Waals surface area contributed by atoms with Gasteiger partial charge in [-0.2, -0.15) is 0 Å². The quantitative estimate of drug-likeness (QED) is 0.888. The minimum absolute atomic E-state index is 0.0413. The van der Waals surface area contributed by atoms with Gasteiger partial charge < -0.3 is 4.90 Å². The molecule has 0 bridgehead atoms. The third-order valence-corrected chi connectivity index (χ3v) is 5.19. The highest BCUT2D eigenvalue weighted by Gasteiger charge is 2.56. The monoisotopic (exact) mass is 309 g/mol. The molecule has 1 saturated carbocycles. The molecule has 2 heterocycles. The van der Waals surface area contributed by atoms with E-state index in [2.05, 4.69) is 9.71 Å². The van der Waals surface area contributed by atoms with E-state index in [9.17, 15) is 13.2 Å². The van der Waals surface area contributed by atoms with Crippen molar-refractivity contribution in [2.24, 2.45) is 5.41 Å². The summed E-state index contributed by atoms with van der Waals surface area (Å²) in [4.78, 5) is 18.2. The van der Waals surface area contributed by atoms with Gasteiger partial charge >= 0.3 is 0 Å². The molecule has 1 aromatic rings. The largest absolute Gasteiger partial charge is 0.337 e. The first-order chi connectivity index (χ1) is 9.90. The topological polar surface area (TPSA) is 79.4 Å². The number of sulfonamides is 1. The summed E-state index contributed by atoms with van der Waals surface area (Å²) in [6, 6.07) is 5.35. The van der Waals surface area contributed by atoms with Gasteiger partial charge in [-0.3, -0.25) is 9.78 Å². The minimum atomic E-state index is -3.15. The van der Waals surface area contributed by atoms with Crippen LogP contribution in [-0.2, 0) is 10.0 Å². The van der Waals surface area contributed by atoms with Crippen molar-refractivity contribution in [2.45, 2.75) is 25.3 Å². The average Bonchev–Trinajstić information content (AvgIpc) is 3.09. The molecule has 1 aliphatic carbocycles.